The van der Waals surface area contributed by atoms with Crippen LogP contribution in [-0.4, -0.2) is 25.7 Å². The topological polar surface area (TPSA) is 112 Å². The van der Waals surface area contributed by atoms with Gasteiger partial charge < -0.3 is 10.6 Å². The summed E-state index contributed by atoms with van der Waals surface area (Å²) in [5.74, 6) is -0.790. The Labute approximate surface area is 230 Å². The molecule has 196 valence electrons. The number of rotatable bonds is 6. The van der Waals surface area contributed by atoms with Gasteiger partial charge in [-0.05, 0) is 78.3 Å². The lowest BCUT2D eigenvalue weighted by atomic mass is 10.1. The second kappa shape index (κ2) is 9.53. The van der Waals surface area contributed by atoms with Gasteiger partial charge in [-0.25, -0.2) is 9.18 Å². The van der Waals surface area contributed by atoms with E-state index in [4.69, 9.17) is 5.73 Å². The molecule has 5 rings (SSSR count). The van der Waals surface area contributed by atoms with Crippen molar-refractivity contribution in [3.8, 4) is 5.69 Å². The van der Waals surface area contributed by atoms with Gasteiger partial charge >= 0.3 is 5.69 Å². The molecule has 0 atom stereocenters. The summed E-state index contributed by atoms with van der Waals surface area (Å²) in [7, 11) is 2.91. The summed E-state index contributed by atoms with van der Waals surface area (Å²) in [6, 6.07) is 11.3. The average Bonchev–Trinajstić information content (AvgIpc) is 3.70. The maximum atomic E-state index is 15.3. The summed E-state index contributed by atoms with van der Waals surface area (Å²) in [5, 5.41) is 0.122. The number of amides is 1. The van der Waals surface area contributed by atoms with Crippen molar-refractivity contribution in [2.45, 2.75) is 32.2 Å². The van der Waals surface area contributed by atoms with Crippen LogP contribution in [0.3, 0.4) is 0 Å². The molecule has 1 aliphatic rings. The Bertz CT molecular complexity index is 1820. The second-order valence-corrected chi connectivity index (χ2v) is 10.8. The van der Waals surface area contributed by atoms with Gasteiger partial charge in [0, 0.05) is 29.3 Å². The normalized spacial score (nSPS) is 13.2. The number of fused-ring (bicyclic) bond motifs is 1. The molecule has 0 saturated heterocycles. The van der Waals surface area contributed by atoms with Gasteiger partial charge in [0.25, 0.3) is 11.1 Å². The minimum Gasteiger partial charge on any atom is -0.369 e. The van der Waals surface area contributed by atoms with Crippen LogP contribution in [0.1, 0.15) is 24.0 Å². The molecule has 2 N–H and O–H groups in total. The number of pyridine rings is 1. The molecular weight excluding hydrogens is 604 g/mol. The first-order valence-corrected chi connectivity index (χ1v) is 13.1. The van der Waals surface area contributed by atoms with E-state index in [1.165, 1.54) is 22.2 Å². The third-order valence-electron chi connectivity index (χ3n) is 6.84. The fourth-order valence-corrected chi connectivity index (χ4v) is 5.36. The first-order chi connectivity index (χ1) is 18.0. The van der Waals surface area contributed by atoms with Crippen molar-refractivity contribution >= 4 is 50.9 Å². The lowest BCUT2D eigenvalue weighted by Gasteiger charge is -2.29. The van der Waals surface area contributed by atoms with Gasteiger partial charge in [-0.3, -0.25) is 28.1 Å². The number of carbonyl (C=O) groups is 1. The molecule has 0 bridgehead atoms. The van der Waals surface area contributed by atoms with Crippen LogP contribution in [0.15, 0.2) is 56.8 Å². The van der Waals surface area contributed by atoms with Gasteiger partial charge in [0.2, 0.25) is 5.91 Å². The second-order valence-electron chi connectivity index (χ2n) is 9.53. The molecule has 0 aliphatic heterocycles. The van der Waals surface area contributed by atoms with Crippen LogP contribution in [0.2, 0.25) is 0 Å². The highest BCUT2D eigenvalue weighted by molar-refractivity contribution is 14.1. The monoisotopic (exact) mass is 629 g/mol. The molecule has 2 aromatic carbocycles. The first-order valence-electron chi connectivity index (χ1n) is 12.0. The molecule has 1 fully saturated rings. The van der Waals surface area contributed by atoms with E-state index >= 15 is 4.39 Å². The Kier molecular flexibility index (Phi) is 6.49. The van der Waals surface area contributed by atoms with Crippen molar-refractivity contribution in [2.24, 2.45) is 19.8 Å². The van der Waals surface area contributed by atoms with Crippen molar-refractivity contribution in [1.29, 1.82) is 0 Å². The Hall–Kier alpha value is -3.74. The van der Waals surface area contributed by atoms with Crippen molar-refractivity contribution in [3.63, 3.8) is 0 Å². The quantitative estimate of drug-likeness (QED) is 0.330. The molecule has 4 aromatic rings. The molecule has 0 spiro atoms. The number of nitrogens with two attached hydrogens (primary N) is 1. The molecule has 11 heteroatoms. The third-order valence-corrected chi connectivity index (χ3v) is 7.51. The number of anilines is 2. The molecule has 2 aromatic heterocycles. The number of hydrogen-bond donors (Lipinski definition) is 1. The van der Waals surface area contributed by atoms with E-state index in [-0.39, 0.29) is 40.4 Å². The van der Waals surface area contributed by atoms with Crippen LogP contribution in [0, 0.1) is 16.3 Å². The van der Waals surface area contributed by atoms with Crippen LogP contribution < -0.4 is 27.4 Å². The summed E-state index contributed by atoms with van der Waals surface area (Å²) in [6.07, 6.45) is 1.47. The van der Waals surface area contributed by atoms with E-state index in [0.717, 1.165) is 17.4 Å². The highest BCUT2D eigenvalue weighted by Crippen LogP contribution is 2.41. The summed E-state index contributed by atoms with van der Waals surface area (Å²) < 4.78 is 19.7. The van der Waals surface area contributed by atoms with Gasteiger partial charge in [0.15, 0.2) is 0 Å². The molecular formula is C27H25FIN5O4. The minimum atomic E-state index is -0.653. The summed E-state index contributed by atoms with van der Waals surface area (Å²) >= 11 is 2.02. The number of primary amides is 1. The van der Waals surface area contributed by atoms with E-state index in [2.05, 4.69) is 0 Å². The van der Waals surface area contributed by atoms with Crippen LogP contribution in [0.5, 0.6) is 0 Å². The van der Waals surface area contributed by atoms with Crippen LogP contribution in [0.4, 0.5) is 15.9 Å². The summed E-state index contributed by atoms with van der Waals surface area (Å²) in [6.45, 7) is 1.56. The summed E-state index contributed by atoms with van der Waals surface area (Å²) in [4.78, 5) is 54.1. The van der Waals surface area contributed by atoms with Gasteiger partial charge in [0.05, 0.1) is 23.3 Å². The lowest BCUT2D eigenvalue weighted by molar-refractivity contribution is -0.117. The molecule has 1 aliphatic carbocycles. The number of carbonyl (C=O) groups excluding carboxylic acids is 1. The van der Waals surface area contributed by atoms with Crippen LogP contribution in [0.25, 0.3) is 16.6 Å². The largest absolute Gasteiger partial charge is 0.369 e. The highest BCUT2D eigenvalue weighted by Gasteiger charge is 2.36. The van der Waals surface area contributed by atoms with Crippen molar-refractivity contribution in [2.75, 3.05) is 4.90 Å². The molecule has 9 nitrogen and oxygen atoms in total. The molecule has 0 radical (unpaired) electrons. The SMILES string of the molecule is Cc1c(=O)n(C)c(N(c2ccc(I)cc2F)C2CC2)c2c(=O)n(C)c(=O)n(-c3cccc(CC(N)=O)c3)c12. The zero-order chi connectivity index (χ0) is 27.5. The number of halogens is 2. The van der Waals surface area contributed by atoms with Crippen molar-refractivity contribution in [1.82, 2.24) is 13.7 Å². The molecule has 0 unspecified atom stereocenters. The van der Waals surface area contributed by atoms with Crippen molar-refractivity contribution in [3.05, 3.63) is 94.2 Å². The van der Waals surface area contributed by atoms with Crippen LogP contribution >= 0.6 is 22.6 Å². The Morgan fingerprint density at radius 1 is 1.08 bits per heavy atom. The van der Waals surface area contributed by atoms with E-state index in [1.54, 1.807) is 55.3 Å². The predicted octanol–water partition coefficient (Wildman–Crippen LogP) is 2.77. The maximum Gasteiger partial charge on any atom is 0.335 e. The minimum absolute atomic E-state index is 0.0418. The van der Waals surface area contributed by atoms with E-state index in [0.29, 0.717) is 14.8 Å². The summed E-state index contributed by atoms with van der Waals surface area (Å²) in [5.41, 5.74) is 5.23. The average molecular weight is 629 g/mol. The maximum absolute atomic E-state index is 15.3. The van der Waals surface area contributed by atoms with Gasteiger partial charge in [-0.15, -0.1) is 0 Å². The number of aryl methyl sites for hydroxylation is 1. The molecule has 38 heavy (non-hydrogen) atoms. The van der Waals surface area contributed by atoms with Crippen LogP contribution in [-0.2, 0) is 25.3 Å². The molecule has 2 heterocycles. The number of aromatic nitrogens is 3. The van der Waals surface area contributed by atoms with E-state index in [1.807, 2.05) is 22.6 Å². The standard InChI is InChI=1S/C27H25FIN5O4/c1-14-23-22(26(37)32(3)27(38)34(23)18-6-4-5-15(11-18)12-21(30)35)24(31(2)25(14)36)33(17-8-9-17)20-10-7-16(29)13-19(20)28/h4-7,10-11,13,17H,8-9,12H2,1-3H3,(H2,30,35). The van der Waals surface area contributed by atoms with Gasteiger partial charge in [-0.2, -0.15) is 0 Å². The third kappa shape index (κ3) is 4.24. The fraction of sp³-hybridized carbons (Fsp3) is 0.259. The first kappa shape index (κ1) is 25.9. The molecule has 1 amide bonds. The smallest absolute Gasteiger partial charge is 0.335 e. The highest BCUT2D eigenvalue weighted by atomic mass is 127. The zero-order valence-electron chi connectivity index (χ0n) is 21.0. The van der Waals surface area contributed by atoms with E-state index in [9.17, 15) is 19.2 Å². The predicted molar refractivity (Wildman–Crippen MR) is 152 cm³/mol. The number of benzene rings is 2. The fourth-order valence-electron chi connectivity index (χ4n) is 4.91. The van der Waals surface area contributed by atoms with Gasteiger partial charge in [0.1, 0.15) is 17.0 Å². The molecule has 1 saturated carbocycles. The Morgan fingerprint density at radius 2 is 1.79 bits per heavy atom. The van der Waals surface area contributed by atoms with Crippen molar-refractivity contribution < 1.29 is 9.18 Å². The Balaban J connectivity index is 1.94. The lowest BCUT2D eigenvalue weighted by Crippen LogP contribution is -2.41. The van der Waals surface area contributed by atoms with Gasteiger partial charge in [-0.1, -0.05) is 12.1 Å². The number of hydrogen-bond acceptors (Lipinski definition) is 5. The zero-order valence-corrected chi connectivity index (χ0v) is 23.2. The number of nitrogens with zero attached hydrogens (tertiary/aromatic N) is 4. The Morgan fingerprint density at radius 3 is 2.42 bits per heavy atom. The van der Waals surface area contributed by atoms with E-state index < -0.39 is 28.5 Å².